The molecule has 0 bridgehead atoms. The Bertz CT molecular complexity index is 669. The van der Waals surface area contributed by atoms with Gasteiger partial charge in [0, 0.05) is 6.07 Å². The van der Waals surface area contributed by atoms with Crippen LogP contribution < -0.4 is 0 Å². The smallest absolute Gasteiger partial charge is 0.280 e. The predicted molar refractivity (Wildman–Crippen MR) is 71.5 cm³/mol. The zero-order valence-electron chi connectivity index (χ0n) is 10.4. The van der Waals surface area contributed by atoms with Crippen molar-refractivity contribution in [1.82, 2.24) is 0 Å². The quantitative estimate of drug-likeness (QED) is 0.370. The van der Waals surface area contributed by atoms with E-state index < -0.39 is 11.0 Å². The summed E-state index contributed by atoms with van der Waals surface area (Å²) in [6.07, 6.45) is -0.929. The molecule has 2 aromatic rings. The number of ether oxygens (including phenoxy) is 1. The van der Waals surface area contributed by atoms with Crippen LogP contribution in [0.5, 0.6) is 0 Å². The van der Waals surface area contributed by atoms with E-state index in [1.165, 1.54) is 18.2 Å². The highest BCUT2D eigenvalue weighted by atomic mass is 16.6. The van der Waals surface area contributed by atoms with E-state index in [1.54, 1.807) is 6.07 Å². The van der Waals surface area contributed by atoms with E-state index in [9.17, 15) is 14.9 Å². The number of nitro groups is 1. The molecule has 0 unspecified atom stereocenters. The van der Waals surface area contributed by atoms with Crippen molar-refractivity contribution >= 4 is 11.5 Å². The fourth-order valence-corrected chi connectivity index (χ4v) is 2.20. The number of Topliss-reactive ketones (excluding diaryl/α,β-unsaturated/α-hetero) is 1. The van der Waals surface area contributed by atoms with Gasteiger partial charge in [0.25, 0.3) is 5.69 Å². The molecule has 2 aromatic carbocycles. The third kappa shape index (κ3) is 2.19. The van der Waals surface area contributed by atoms with Gasteiger partial charge in [-0.1, -0.05) is 42.5 Å². The van der Waals surface area contributed by atoms with E-state index in [0.29, 0.717) is 0 Å². The second-order valence-corrected chi connectivity index (χ2v) is 4.53. The van der Waals surface area contributed by atoms with Crippen LogP contribution in [0.3, 0.4) is 0 Å². The molecule has 0 aliphatic carbocycles. The van der Waals surface area contributed by atoms with Gasteiger partial charge in [-0.05, 0) is 11.6 Å². The van der Waals surface area contributed by atoms with Crippen LogP contribution in [0.4, 0.5) is 5.69 Å². The maximum atomic E-state index is 12.3. The fraction of sp³-hybridized carbons (Fsp3) is 0.133. The van der Waals surface area contributed by atoms with Gasteiger partial charge in [-0.15, -0.1) is 0 Å². The summed E-state index contributed by atoms with van der Waals surface area (Å²) in [5, 5.41) is 10.9. The summed E-state index contributed by atoms with van der Waals surface area (Å²) >= 11 is 0. The Morgan fingerprint density at radius 3 is 2.40 bits per heavy atom. The predicted octanol–water partition coefficient (Wildman–Crippen LogP) is 2.92. The van der Waals surface area contributed by atoms with Crippen LogP contribution in [-0.4, -0.2) is 16.8 Å². The van der Waals surface area contributed by atoms with Gasteiger partial charge in [0.2, 0.25) is 5.78 Å². The number of carbonyl (C=O) groups excluding carboxylic acids is 1. The van der Waals surface area contributed by atoms with Gasteiger partial charge in [-0.3, -0.25) is 14.9 Å². The molecular formula is C15H11NO4. The molecule has 0 spiro atoms. The van der Waals surface area contributed by atoms with Gasteiger partial charge in [-0.2, -0.15) is 0 Å². The molecule has 0 radical (unpaired) electrons. The Morgan fingerprint density at radius 2 is 1.70 bits per heavy atom. The summed E-state index contributed by atoms with van der Waals surface area (Å²) in [6.45, 7) is 0. The molecule has 5 heteroatoms. The number of epoxide rings is 1. The Morgan fingerprint density at radius 1 is 1.05 bits per heavy atom. The third-order valence-corrected chi connectivity index (χ3v) is 3.24. The number of ketones is 1. The number of hydrogen-bond acceptors (Lipinski definition) is 4. The minimum absolute atomic E-state index is 0.0981. The van der Waals surface area contributed by atoms with Crippen LogP contribution >= 0.6 is 0 Å². The number of carbonyl (C=O) groups is 1. The molecule has 0 saturated carbocycles. The maximum Gasteiger partial charge on any atom is 0.280 e. The standard InChI is InChI=1S/C15H11NO4/c17-13(11-8-4-5-9-12(11)16(18)19)15-14(20-15)10-6-2-1-3-7-10/h1-9,14-15H/t14-,15-/m1/s1. The van der Waals surface area contributed by atoms with Crippen LogP contribution in [0, 0.1) is 10.1 Å². The van der Waals surface area contributed by atoms with Crippen LogP contribution in [0.1, 0.15) is 22.0 Å². The van der Waals surface area contributed by atoms with Crippen molar-refractivity contribution in [1.29, 1.82) is 0 Å². The van der Waals surface area contributed by atoms with Crippen LogP contribution in [0.2, 0.25) is 0 Å². The number of hydrogen-bond donors (Lipinski definition) is 0. The summed E-state index contributed by atoms with van der Waals surface area (Å²) in [5.41, 5.74) is 0.824. The number of para-hydroxylation sites is 1. The molecule has 2 atom stereocenters. The maximum absolute atomic E-state index is 12.3. The number of benzene rings is 2. The zero-order valence-corrected chi connectivity index (χ0v) is 10.4. The molecule has 3 rings (SSSR count). The summed E-state index contributed by atoms with van der Waals surface area (Å²) in [6, 6.07) is 15.3. The SMILES string of the molecule is O=C(c1ccccc1[N+](=O)[O-])[C@H]1O[C@@H]1c1ccccc1. The zero-order chi connectivity index (χ0) is 14.1. The van der Waals surface area contributed by atoms with Crippen molar-refractivity contribution in [3.8, 4) is 0 Å². The average molecular weight is 269 g/mol. The monoisotopic (exact) mass is 269 g/mol. The lowest BCUT2D eigenvalue weighted by Gasteiger charge is -1.99. The highest BCUT2D eigenvalue weighted by molar-refractivity contribution is 6.04. The number of nitrogens with zero attached hydrogens (tertiary/aromatic N) is 1. The van der Waals surface area contributed by atoms with Crippen LogP contribution in [0.15, 0.2) is 54.6 Å². The molecule has 0 amide bonds. The van der Waals surface area contributed by atoms with Gasteiger partial charge in [0.1, 0.15) is 6.10 Å². The van der Waals surface area contributed by atoms with Crippen LogP contribution in [0.25, 0.3) is 0 Å². The van der Waals surface area contributed by atoms with Crippen LogP contribution in [-0.2, 0) is 4.74 Å². The average Bonchev–Trinajstić information content (AvgIpc) is 3.28. The molecule has 1 fully saturated rings. The Hall–Kier alpha value is -2.53. The van der Waals surface area contributed by atoms with Gasteiger partial charge in [-0.25, -0.2) is 0 Å². The molecule has 0 N–H and O–H groups in total. The molecule has 20 heavy (non-hydrogen) atoms. The van der Waals surface area contributed by atoms with Crippen molar-refractivity contribution < 1.29 is 14.5 Å². The first-order valence-electron chi connectivity index (χ1n) is 6.16. The Balaban J connectivity index is 1.84. The lowest BCUT2D eigenvalue weighted by atomic mass is 10.0. The second-order valence-electron chi connectivity index (χ2n) is 4.53. The largest absolute Gasteiger partial charge is 0.356 e. The van der Waals surface area contributed by atoms with Gasteiger partial charge in [0.15, 0.2) is 6.10 Å². The number of nitro benzene ring substituents is 1. The first-order chi connectivity index (χ1) is 9.68. The van der Waals surface area contributed by atoms with Gasteiger partial charge in [0.05, 0.1) is 10.5 Å². The van der Waals surface area contributed by atoms with Gasteiger partial charge < -0.3 is 4.74 Å². The third-order valence-electron chi connectivity index (χ3n) is 3.24. The van der Waals surface area contributed by atoms with E-state index in [2.05, 4.69) is 0 Å². The van der Waals surface area contributed by atoms with Gasteiger partial charge >= 0.3 is 0 Å². The molecule has 1 saturated heterocycles. The van der Waals surface area contributed by atoms with E-state index >= 15 is 0 Å². The van der Waals surface area contributed by atoms with Crippen molar-refractivity contribution in [2.24, 2.45) is 0 Å². The summed E-state index contributed by atoms with van der Waals surface area (Å²) < 4.78 is 5.38. The topological polar surface area (TPSA) is 72.7 Å². The molecule has 0 aromatic heterocycles. The summed E-state index contributed by atoms with van der Waals surface area (Å²) in [7, 11) is 0. The highest BCUT2D eigenvalue weighted by Crippen LogP contribution is 2.41. The summed E-state index contributed by atoms with van der Waals surface area (Å²) in [4.78, 5) is 22.7. The van der Waals surface area contributed by atoms with E-state index in [0.717, 1.165) is 5.56 Å². The second kappa shape index (κ2) is 4.86. The van der Waals surface area contributed by atoms with E-state index in [-0.39, 0.29) is 23.1 Å². The highest BCUT2D eigenvalue weighted by Gasteiger charge is 2.47. The number of rotatable bonds is 4. The van der Waals surface area contributed by atoms with Crippen molar-refractivity contribution in [3.63, 3.8) is 0 Å². The minimum Gasteiger partial charge on any atom is -0.356 e. The minimum atomic E-state index is -0.626. The molecule has 1 heterocycles. The van der Waals surface area contributed by atoms with Crippen molar-refractivity contribution in [3.05, 3.63) is 75.8 Å². The molecule has 1 aliphatic heterocycles. The molecule has 5 nitrogen and oxygen atoms in total. The first kappa shape index (κ1) is 12.5. The van der Waals surface area contributed by atoms with Crippen molar-refractivity contribution in [2.45, 2.75) is 12.2 Å². The Kier molecular flexibility index (Phi) is 3.04. The summed E-state index contributed by atoms with van der Waals surface area (Å²) in [5.74, 6) is -0.342. The van der Waals surface area contributed by atoms with Crippen molar-refractivity contribution in [2.75, 3.05) is 0 Å². The Labute approximate surface area is 115 Å². The molecule has 100 valence electrons. The van der Waals surface area contributed by atoms with E-state index in [1.807, 2.05) is 30.3 Å². The lowest BCUT2D eigenvalue weighted by Crippen LogP contribution is -2.10. The molecular weight excluding hydrogens is 258 g/mol. The fourth-order valence-electron chi connectivity index (χ4n) is 2.20. The lowest BCUT2D eigenvalue weighted by molar-refractivity contribution is -0.385. The molecule has 1 aliphatic rings. The van der Waals surface area contributed by atoms with E-state index in [4.69, 9.17) is 4.74 Å². The normalized spacial score (nSPS) is 20.4. The first-order valence-corrected chi connectivity index (χ1v) is 6.16.